The van der Waals surface area contributed by atoms with Crippen LogP contribution in [0.5, 0.6) is 0 Å². The van der Waals surface area contributed by atoms with Gasteiger partial charge in [-0.2, -0.15) is 0 Å². The minimum absolute atomic E-state index is 0.00109. The molecule has 3 saturated carbocycles. The molecule has 0 spiro atoms. The van der Waals surface area contributed by atoms with Gasteiger partial charge < -0.3 is 19.0 Å². The van der Waals surface area contributed by atoms with E-state index < -0.39 is 17.7 Å². The SMILES string of the molecule is COC(=O)OC1CCC2(C)C(=CC(c3ccc(C)o3)C3C4CCC(=O)C4(C)C[C@@H](O)C32)C1. The van der Waals surface area contributed by atoms with Crippen molar-refractivity contribution in [3.05, 3.63) is 35.3 Å². The third kappa shape index (κ3) is 3.09. The fourth-order valence-electron chi connectivity index (χ4n) is 7.73. The Morgan fingerprint density at radius 3 is 2.69 bits per heavy atom. The van der Waals surface area contributed by atoms with E-state index in [4.69, 9.17) is 13.9 Å². The van der Waals surface area contributed by atoms with Crippen LogP contribution in [0.25, 0.3) is 0 Å². The van der Waals surface area contributed by atoms with Gasteiger partial charge in [-0.15, -0.1) is 0 Å². The summed E-state index contributed by atoms with van der Waals surface area (Å²) in [6.45, 7) is 6.28. The van der Waals surface area contributed by atoms with E-state index in [0.717, 1.165) is 30.8 Å². The number of aliphatic hydroxyl groups excluding tert-OH is 1. The summed E-state index contributed by atoms with van der Waals surface area (Å²) in [7, 11) is 1.33. The molecule has 8 atom stereocenters. The lowest BCUT2D eigenvalue weighted by molar-refractivity contribution is -0.147. The third-order valence-corrected chi connectivity index (χ3v) is 9.28. The number of ketones is 1. The number of hydrogen-bond acceptors (Lipinski definition) is 6. The zero-order chi connectivity index (χ0) is 22.8. The number of carbonyl (C=O) groups is 2. The second-order valence-electron chi connectivity index (χ2n) is 10.9. The normalized spacial score (nSPS) is 43.0. The van der Waals surface area contributed by atoms with Crippen molar-refractivity contribution >= 4 is 11.9 Å². The molecule has 3 fully saturated rings. The molecule has 6 nitrogen and oxygen atoms in total. The first-order valence-corrected chi connectivity index (χ1v) is 11.9. The molecule has 4 aliphatic carbocycles. The quantitative estimate of drug-likeness (QED) is 0.516. The van der Waals surface area contributed by atoms with Crippen molar-refractivity contribution in [1.82, 2.24) is 0 Å². The number of furan rings is 1. The summed E-state index contributed by atoms with van der Waals surface area (Å²) < 4.78 is 16.3. The Labute approximate surface area is 189 Å². The van der Waals surface area contributed by atoms with Crippen molar-refractivity contribution in [3.8, 4) is 0 Å². The lowest BCUT2D eigenvalue weighted by Crippen LogP contribution is -2.58. The summed E-state index contributed by atoms with van der Waals surface area (Å²) in [6.07, 6.45) is 5.12. The van der Waals surface area contributed by atoms with Crippen LogP contribution < -0.4 is 0 Å². The van der Waals surface area contributed by atoms with Crippen LogP contribution in [0.3, 0.4) is 0 Å². The van der Waals surface area contributed by atoms with Crippen LogP contribution in [0.4, 0.5) is 4.79 Å². The third-order valence-electron chi connectivity index (χ3n) is 9.28. The van der Waals surface area contributed by atoms with E-state index in [2.05, 4.69) is 19.9 Å². The van der Waals surface area contributed by atoms with E-state index in [1.165, 1.54) is 12.7 Å². The minimum atomic E-state index is -0.649. The highest BCUT2D eigenvalue weighted by Crippen LogP contribution is 2.66. The summed E-state index contributed by atoms with van der Waals surface area (Å²) >= 11 is 0. The summed E-state index contributed by atoms with van der Waals surface area (Å²) in [6, 6.07) is 4.02. The number of rotatable bonds is 2. The molecule has 1 aromatic rings. The average Bonchev–Trinajstić information content (AvgIpc) is 3.30. The van der Waals surface area contributed by atoms with Crippen molar-refractivity contribution in [2.24, 2.45) is 28.6 Å². The van der Waals surface area contributed by atoms with Crippen LogP contribution in [0.1, 0.15) is 69.8 Å². The van der Waals surface area contributed by atoms with Gasteiger partial charge in [0.1, 0.15) is 23.4 Å². The van der Waals surface area contributed by atoms with Crippen molar-refractivity contribution in [1.29, 1.82) is 0 Å². The minimum Gasteiger partial charge on any atom is -0.466 e. The molecular formula is C26H34O6. The molecule has 32 heavy (non-hydrogen) atoms. The van der Waals surface area contributed by atoms with E-state index in [0.29, 0.717) is 25.0 Å². The maximum atomic E-state index is 12.9. The molecule has 1 heterocycles. The van der Waals surface area contributed by atoms with Gasteiger partial charge in [0.15, 0.2) is 0 Å². The number of allylic oxidation sites excluding steroid dienone is 1. The van der Waals surface area contributed by atoms with Crippen molar-refractivity contribution < 1.29 is 28.6 Å². The Morgan fingerprint density at radius 1 is 1.22 bits per heavy atom. The number of carbonyl (C=O) groups excluding carboxylic acids is 2. The van der Waals surface area contributed by atoms with Gasteiger partial charge in [0.05, 0.1) is 13.2 Å². The van der Waals surface area contributed by atoms with Gasteiger partial charge in [-0.25, -0.2) is 4.79 Å². The Bertz CT molecular complexity index is 961. The number of Topliss-reactive ketones (excluding diaryl/α,β-unsaturated/α-hetero) is 1. The Kier molecular flexibility index (Phi) is 5.08. The molecule has 1 aromatic heterocycles. The number of methoxy groups -OCH3 is 1. The van der Waals surface area contributed by atoms with Crippen LogP contribution in [-0.4, -0.2) is 36.4 Å². The molecule has 174 valence electrons. The van der Waals surface area contributed by atoms with Crippen molar-refractivity contribution in [2.45, 2.75) is 77.4 Å². The predicted molar refractivity (Wildman–Crippen MR) is 117 cm³/mol. The van der Waals surface area contributed by atoms with Crippen LogP contribution in [0, 0.1) is 35.5 Å². The second-order valence-corrected chi connectivity index (χ2v) is 10.9. The number of ether oxygens (including phenoxy) is 2. The fraction of sp³-hybridized carbons (Fsp3) is 0.692. The van der Waals surface area contributed by atoms with Gasteiger partial charge >= 0.3 is 6.16 Å². The molecule has 0 bridgehead atoms. The molecule has 5 rings (SSSR count). The van der Waals surface area contributed by atoms with E-state index in [1.807, 2.05) is 19.1 Å². The molecule has 4 aliphatic rings. The summed E-state index contributed by atoms with van der Waals surface area (Å²) in [4.78, 5) is 24.7. The monoisotopic (exact) mass is 442 g/mol. The molecule has 7 unspecified atom stereocenters. The van der Waals surface area contributed by atoms with Gasteiger partial charge in [0.2, 0.25) is 0 Å². The second kappa shape index (κ2) is 7.47. The Balaban J connectivity index is 1.59. The number of aliphatic hydroxyl groups is 1. The largest absolute Gasteiger partial charge is 0.508 e. The van der Waals surface area contributed by atoms with E-state index >= 15 is 0 Å². The molecule has 0 aliphatic heterocycles. The Hall–Kier alpha value is -2.08. The van der Waals surface area contributed by atoms with Crippen LogP contribution >= 0.6 is 0 Å². The highest BCUT2D eigenvalue weighted by Gasteiger charge is 2.64. The van der Waals surface area contributed by atoms with Crippen molar-refractivity contribution in [2.75, 3.05) is 7.11 Å². The molecule has 0 radical (unpaired) electrons. The molecule has 0 amide bonds. The lowest BCUT2D eigenvalue weighted by Gasteiger charge is -2.60. The van der Waals surface area contributed by atoms with Gasteiger partial charge in [0, 0.05) is 24.2 Å². The lowest BCUT2D eigenvalue weighted by atomic mass is 9.45. The molecule has 0 aromatic carbocycles. The molecule has 6 heteroatoms. The van der Waals surface area contributed by atoms with Gasteiger partial charge in [-0.05, 0) is 67.9 Å². The summed E-state index contributed by atoms with van der Waals surface area (Å²) in [5.74, 6) is 2.48. The first-order chi connectivity index (χ1) is 15.2. The van der Waals surface area contributed by atoms with Gasteiger partial charge in [-0.1, -0.05) is 25.5 Å². The predicted octanol–water partition coefficient (Wildman–Crippen LogP) is 4.94. The first kappa shape index (κ1) is 21.7. The number of hydrogen-bond donors (Lipinski definition) is 1. The Morgan fingerprint density at radius 2 is 2.00 bits per heavy atom. The maximum Gasteiger partial charge on any atom is 0.508 e. The van der Waals surface area contributed by atoms with E-state index in [1.54, 1.807) is 0 Å². The zero-order valence-electron chi connectivity index (χ0n) is 19.4. The van der Waals surface area contributed by atoms with Crippen LogP contribution in [0.2, 0.25) is 0 Å². The average molecular weight is 443 g/mol. The standard InChI is InChI=1S/C26H34O6/c1-14-5-7-20(31-14)17-12-15-11-16(32-24(29)30-4)9-10-25(15,2)23-19(27)13-26(3)18(22(17)23)6-8-21(26)28/h5,7,12,16-19,22-23,27H,6,8-11,13H2,1-4H3/t16?,17?,18?,19-,22?,23?,25?,26?/m1/s1. The van der Waals surface area contributed by atoms with Gasteiger partial charge in [0.25, 0.3) is 0 Å². The van der Waals surface area contributed by atoms with E-state index in [-0.39, 0.29) is 35.2 Å². The molecule has 1 N–H and O–H groups in total. The van der Waals surface area contributed by atoms with Crippen LogP contribution in [0.15, 0.2) is 28.2 Å². The van der Waals surface area contributed by atoms with Crippen LogP contribution in [-0.2, 0) is 14.3 Å². The zero-order valence-corrected chi connectivity index (χ0v) is 19.4. The number of aryl methyl sites for hydroxylation is 1. The first-order valence-electron chi connectivity index (χ1n) is 11.9. The molecular weight excluding hydrogens is 408 g/mol. The summed E-state index contributed by atoms with van der Waals surface area (Å²) in [5.41, 5.74) is 0.573. The topological polar surface area (TPSA) is 86.0 Å². The smallest absolute Gasteiger partial charge is 0.466 e. The summed E-state index contributed by atoms with van der Waals surface area (Å²) in [5, 5.41) is 11.5. The van der Waals surface area contributed by atoms with E-state index in [9.17, 15) is 14.7 Å². The van der Waals surface area contributed by atoms with Gasteiger partial charge in [-0.3, -0.25) is 4.79 Å². The highest BCUT2D eigenvalue weighted by molar-refractivity contribution is 5.87. The number of fused-ring (bicyclic) bond motifs is 5. The maximum absolute atomic E-state index is 12.9. The highest BCUT2D eigenvalue weighted by atomic mass is 16.7. The molecule has 0 saturated heterocycles. The van der Waals surface area contributed by atoms with Crippen molar-refractivity contribution in [3.63, 3.8) is 0 Å². The fourth-order valence-corrected chi connectivity index (χ4v) is 7.73.